The van der Waals surface area contributed by atoms with Crippen LogP contribution < -0.4 is 16.9 Å². The van der Waals surface area contributed by atoms with Gasteiger partial charge in [0.15, 0.2) is 6.61 Å². The number of ether oxygens (including phenoxy) is 1. The SMILES string of the molecule is CC(c1cc(N)c(CN)cc1F)C(F)(F)COC(=N)NOC(C)(C)C. The summed E-state index contributed by atoms with van der Waals surface area (Å²) in [4.78, 5) is 5.03. The second-order valence-corrected chi connectivity index (χ2v) is 6.69. The van der Waals surface area contributed by atoms with E-state index in [-0.39, 0.29) is 17.8 Å². The fraction of sp³-hybridized carbons (Fsp3) is 0.562. The number of anilines is 1. The van der Waals surface area contributed by atoms with Gasteiger partial charge in [-0.1, -0.05) is 6.92 Å². The van der Waals surface area contributed by atoms with Crippen LogP contribution in [0, 0.1) is 11.2 Å². The molecule has 0 saturated carbocycles. The molecule has 0 amide bonds. The quantitative estimate of drug-likeness (QED) is 0.269. The molecule has 0 aliphatic heterocycles. The van der Waals surface area contributed by atoms with E-state index in [1.54, 1.807) is 20.8 Å². The fourth-order valence-corrected chi connectivity index (χ4v) is 1.91. The number of hydrogen-bond donors (Lipinski definition) is 4. The third-order valence-corrected chi connectivity index (χ3v) is 3.44. The average Bonchev–Trinajstić information content (AvgIpc) is 2.51. The molecule has 25 heavy (non-hydrogen) atoms. The van der Waals surface area contributed by atoms with Gasteiger partial charge in [0.1, 0.15) is 5.82 Å². The van der Waals surface area contributed by atoms with Crippen molar-refractivity contribution in [1.29, 1.82) is 5.41 Å². The van der Waals surface area contributed by atoms with E-state index in [1.807, 2.05) is 0 Å². The molecule has 1 rings (SSSR count). The molecule has 0 aliphatic rings. The number of nitrogens with two attached hydrogens (primary N) is 2. The van der Waals surface area contributed by atoms with E-state index in [2.05, 4.69) is 10.2 Å². The van der Waals surface area contributed by atoms with Gasteiger partial charge in [-0.2, -0.15) is 0 Å². The van der Waals surface area contributed by atoms with Gasteiger partial charge in [-0.3, -0.25) is 4.84 Å². The van der Waals surface area contributed by atoms with Crippen LogP contribution in [0.15, 0.2) is 12.1 Å². The molecule has 0 spiro atoms. The molecule has 0 aliphatic carbocycles. The summed E-state index contributed by atoms with van der Waals surface area (Å²) in [6.07, 6.45) is 0. The normalized spacial score (nSPS) is 13.4. The molecule has 0 radical (unpaired) electrons. The Hall–Kier alpha value is -2.00. The maximum Gasteiger partial charge on any atom is 0.306 e. The Morgan fingerprint density at radius 2 is 1.92 bits per heavy atom. The van der Waals surface area contributed by atoms with E-state index in [1.165, 1.54) is 0 Å². The maximum atomic E-state index is 14.3. The van der Waals surface area contributed by atoms with Crippen LogP contribution in [0.4, 0.5) is 18.9 Å². The van der Waals surface area contributed by atoms with Gasteiger partial charge in [0.05, 0.1) is 11.5 Å². The van der Waals surface area contributed by atoms with Crippen molar-refractivity contribution in [2.75, 3.05) is 12.3 Å². The predicted molar refractivity (Wildman–Crippen MR) is 89.7 cm³/mol. The predicted octanol–water partition coefficient (Wildman–Crippen LogP) is 2.88. The van der Waals surface area contributed by atoms with Gasteiger partial charge in [0.2, 0.25) is 0 Å². The second kappa shape index (κ2) is 7.92. The largest absolute Gasteiger partial charge is 0.458 e. The van der Waals surface area contributed by atoms with Gasteiger partial charge in [-0.05, 0) is 44.0 Å². The molecule has 0 fully saturated rings. The molecule has 1 atom stereocenters. The van der Waals surface area contributed by atoms with Crippen molar-refractivity contribution < 1.29 is 22.7 Å². The van der Waals surface area contributed by atoms with Crippen LogP contribution in [-0.2, 0) is 16.1 Å². The molecule has 6 N–H and O–H groups in total. The zero-order valence-electron chi connectivity index (χ0n) is 14.8. The van der Waals surface area contributed by atoms with Crippen molar-refractivity contribution in [3.8, 4) is 0 Å². The van der Waals surface area contributed by atoms with E-state index >= 15 is 0 Å². The van der Waals surface area contributed by atoms with Gasteiger partial charge in [0.25, 0.3) is 5.92 Å². The Labute approximate surface area is 145 Å². The lowest BCUT2D eigenvalue weighted by Crippen LogP contribution is -2.38. The molecule has 1 aromatic rings. The Balaban J connectivity index is 2.78. The molecule has 1 aromatic carbocycles. The molecule has 0 heterocycles. The first-order chi connectivity index (χ1) is 11.4. The van der Waals surface area contributed by atoms with E-state index in [0.29, 0.717) is 5.56 Å². The molecule has 0 aromatic heterocycles. The van der Waals surface area contributed by atoms with Crippen LogP contribution in [-0.4, -0.2) is 24.2 Å². The number of hydrogen-bond acceptors (Lipinski definition) is 5. The lowest BCUT2D eigenvalue weighted by Gasteiger charge is -2.26. The van der Waals surface area contributed by atoms with Crippen LogP contribution in [0.5, 0.6) is 0 Å². The number of halogens is 3. The summed E-state index contributed by atoms with van der Waals surface area (Å²) in [6.45, 7) is 5.18. The topological polar surface area (TPSA) is 106 Å². The maximum absolute atomic E-state index is 14.3. The number of nitrogen functional groups attached to an aromatic ring is 1. The van der Waals surface area contributed by atoms with Gasteiger partial charge in [0, 0.05) is 12.2 Å². The molecule has 142 valence electrons. The lowest BCUT2D eigenvalue weighted by atomic mass is 9.92. The van der Waals surface area contributed by atoms with Crippen molar-refractivity contribution in [3.05, 3.63) is 29.1 Å². The zero-order chi connectivity index (χ0) is 19.4. The highest BCUT2D eigenvalue weighted by Gasteiger charge is 2.40. The van der Waals surface area contributed by atoms with Crippen LogP contribution in [0.1, 0.15) is 44.7 Å². The number of amidine groups is 1. The monoisotopic (exact) mass is 362 g/mol. The van der Waals surface area contributed by atoms with Crippen molar-refractivity contribution in [1.82, 2.24) is 5.48 Å². The summed E-state index contributed by atoms with van der Waals surface area (Å²) in [7, 11) is 0. The van der Waals surface area contributed by atoms with E-state index in [4.69, 9.17) is 21.7 Å². The van der Waals surface area contributed by atoms with Crippen LogP contribution in [0.25, 0.3) is 0 Å². The Kier molecular flexibility index (Phi) is 6.67. The summed E-state index contributed by atoms with van der Waals surface area (Å²) in [5.41, 5.74) is 12.9. The molecule has 0 bridgehead atoms. The molecule has 1 unspecified atom stereocenters. The lowest BCUT2D eigenvalue weighted by molar-refractivity contribution is -0.0826. The van der Waals surface area contributed by atoms with Gasteiger partial charge in [-0.25, -0.2) is 24.1 Å². The molecule has 9 heteroatoms. The molecular formula is C16H25F3N4O2. The van der Waals surface area contributed by atoms with E-state index < -0.39 is 35.9 Å². The summed E-state index contributed by atoms with van der Waals surface area (Å²) in [5, 5.41) is 7.42. The summed E-state index contributed by atoms with van der Waals surface area (Å²) in [6, 6.07) is 1.54. The Morgan fingerprint density at radius 1 is 1.32 bits per heavy atom. The minimum atomic E-state index is -3.44. The smallest absolute Gasteiger partial charge is 0.306 e. The van der Waals surface area contributed by atoms with Gasteiger partial charge < -0.3 is 16.2 Å². The number of rotatable bonds is 6. The molecule has 6 nitrogen and oxygen atoms in total. The number of alkyl halides is 2. The second-order valence-electron chi connectivity index (χ2n) is 6.69. The Morgan fingerprint density at radius 3 is 2.44 bits per heavy atom. The first kappa shape index (κ1) is 21.0. The number of benzene rings is 1. The average molecular weight is 362 g/mol. The first-order valence-electron chi connectivity index (χ1n) is 7.68. The van der Waals surface area contributed by atoms with Crippen molar-refractivity contribution >= 4 is 11.7 Å². The highest BCUT2D eigenvalue weighted by Crippen LogP contribution is 2.36. The number of hydroxylamine groups is 1. The fourth-order valence-electron chi connectivity index (χ4n) is 1.91. The highest BCUT2D eigenvalue weighted by molar-refractivity contribution is 5.68. The Bertz CT molecular complexity index is 618. The summed E-state index contributed by atoms with van der Waals surface area (Å²) < 4.78 is 47.4. The number of nitrogens with one attached hydrogen (secondary N) is 2. The standard InChI is InChI=1S/C16H25F3N4O2/c1-9(11-6-13(21)10(7-20)5-12(11)17)16(18,19)8-24-14(22)23-25-15(2,3)4/h5-6,9H,7-8,20-21H2,1-4H3,(H2,22,23). The minimum Gasteiger partial charge on any atom is -0.458 e. The van der Waals surface area contributed by atoms with Gasteiger partial charge in [-0.15, -0.1) is 0 Å². The first-order valence-corrected chi connectivity index (χ1v) is 7.68. The van der Waals surface area contributed by atoms with E-state index in [0.717, 1.165) is 19.1 Å². The minimum absolute atomic E-state index is 0.00747. The van der Waals surface area contributed by atoms with Crippen LogP contribution in [0.3, 0.4) is 0 Å². The van der Waals surface area contributed by atoms with Crippen LogP contribution >= 0.6 is 0 Å². The van der Waals surface area contributed by atoms with Crippen molar-refractivity contribution in [3.63, 3.8) is 0 Å². The zero-order valence-corrected chi connectivity index (χ0v) is 14.8. The van der Waals surface area contributed by atoms with Gasteiger partial charge >= 0.3 is 6.02 Å². The summed E-state index contributed by atoms with van der Waals surface area (Å²) >= 11 is 0. The van der Waals surface area contributed by atoms with E-state index in [9.17, 15) is 13.2 Å². The summed E-state index contributed by atoms with van der Waals surface area (Å²) in [5.74, 6) is -5.77. The molecule has 0 saturated heterocycles. The highest BCUT2D eigenvalue weighted by atomic mass is 19.3. The third kappa shape index (κ3) is 6.09. The van der Waals surface area contributed by atoms with Crippen molar-refractivity contribution in [2.24, 2.45) is 5.73 Å². The molecular weight excluding hydrogens is 337 g/mol. The van der Waals surface area contributed by atoms with Crippen molar-refractivity contribution in [2.45, 2.75) is 51.7 Å². The third-order valence-electron chi connectivity index (χ3n) is 3.44. The van der Waals surface area contributed by atoms with Crippen LogP contribution in [0.2, 0.25) is 0 Å².